The van der Waals surface area contributed by atoms with Gasteiger partial charge in [-0.2, -0.15) is 5.10 Å². The van der Waals surface area contributed by atoms with Crippen LogP contribution in [0.1, 0.15) is 18.9 Å². The predicted molar refractivity (Wildman–Crippen MR) is 76.8 cm³/mol. The molecule has 2 aromatic rings. The Morgan fingerprint density at radius 1 is 1.29 bits per heavy atom. The minimum Gasteiger partial charge on any atom is -0.490 e. The van der Waals surface area contributed by atoms with Gasteiger partial charge >= 0.3 is 0 Å². The number of oxime groups is 1. The van der Waals surface area contributed by atoms with Crippen LogP contribution in [0.4, 0.5) is 0 Å². The third kappa shape index (κ3) is 3.59. The van der Waals surface area contributed by atoms with E-state index < -0.39 is 0 Å². The molecule has 1 aromatic carbocycles. The third-order valence-electron chi connectivity index (χ3n) is 2.59. The number of nitrogens with two attached hydrogens (primary N) is 1. The summed E-state index contributed by atoms with van der Waals surface area (Å²) in [5.74, 6) is 1.11. The maximum Gasteiger partial charge on any atom is 0.250 e. The first-order valence-electron chi connectivity index (χ1n) is 6.45. The van der Waals surface area contributed by atoms with Crippen LogP contribution in [-0.2, 0) is 0 Å². The number of nitrogens with zero attached hydrogens (tertiary/aromatic N) is 3. The number of amidine groups is 1. The van der Waals surface area contributed by atoms with Gasteiger partial charge in [-0.3, -0.25) is 0 Å². The molecule has 7 heteroatoms. The van der Waals surface area contributed by atoms with Crippen LogP contribution < -0.4 is 15.2 Å². The van der Waals surface area contributed by atoms with Gasteiger partial charge < -0.3 is 20.4 Å². The molecular weight excluding hydrogens is 272 g/mol. The Kier molecular flexibility index (Phi) is 4.92. The molecule has 0 fully saturated rings. The van der Waals surface area contributed by atoms with Crippen molar-refractivity contribution in [3.63, 3.8) is 0 Å². The first kappa shape index (κ1) is 14.6. The molecule has 7 nitrogen and oxygen atoms in total. The monoisotopic (exact) mass is 288 g/mol. The second-order valence-corrected chi connectivity index (χ2v) is 4.13. The van der Waals surface area contributed by atoms with E-state index in [0.29, 0.717) is 23.7 Å². The molecule has 0 radical (unpaired) electrons. The van der Waals surface area contributed by atoms with Gasteiger partial charge in [0.1, 0.15) is 0 Å². The van der Waals surface area contributed by atoms with Crippen molar-refractivity contribution in [3.05, 3.63) is 42.1 Å². The van der Waals surface area contributed by atoms with Gasteiger partial charge in [-0.05, 0) is 24.6 Å². The van der Waals surface area contributed by atoms with Crippen molar-refractivity contribution < 1.29 is 14.7 Å². The number of hydrogen-bond acceptors (Lipinski definition) is 6. The molecule has 0 aliphatic carbocycles. The molecule has 0 amide bonds. The molecule has 0 aliphatic heterocycles. The van der Waals surface area contributed by atoms with Crippen LogP contribution in [0.25, 0.3) is 0 Å². The molecule has 2 rings (SSSR count). The number of aromatic nitrogens is 2. The summed E-state index contributed by atoms with van der Waals surface area (Å²) in [5.41, 5.74) is 5.93. The first-order valence-corrected chi connectivity index (χ1v) is 6.45. The summed E-state index contributed by atoms with van der Waals surface area (Å²) in [6.07, 6.45) is 2.31. The highest BCUT2D eigenvalue weighted by atomic mass is 16.5. The molecule has 0 spiro atoms. The fourth-order valence-corrected chi connectivity index (χ4v) is 1.61. The standard InChI is InChI=1S/C14H16N4O3/c1-2-9-20-11-5-3-4-6-12(11)21-14-10(13(15)18-19)7-8-16-17-14/h3-8,19H,2,9H2,1H3,(H2,15,18). The molecule has 3 N–H and O–H groups in total. The fourth-order valence-electron chi connectivity index (χ4n) is 1.61. The number of para-hydroxylation sites is 2. The van der Waals surface area contributed by atoms with Crippen LogP contribution in [0.2, 0.25) is 0 Å². The van der Waals surface area contributed by atoms with Crippen molar-refractivity contribution in [1.29, 1.82) is 0 Å². The van der Waals surface area contributed by atoms with Gasteiger partial charge in [-0.1, -0.05) is 24.2 Å². The predicted octanol–water partition coefficient (Wildman–Crippen LogP) is 2.15. The van der Waals surface area contributed by atoms with Gasteiger partial charge in [0.25, 0.3) is 0 Å². The summed E-state index contributed by atoms with van der Waals surface area (Å²) >= 11 is 0. The topological polar surface area (TPSA) is 103 Å². The van der Waals surface area contributed by atoms with Crippen LogP contribution in [0.5, 0.6) is 17.4 Å². The minimum atomic E-state index is -0.105. The Balaban J connectivity index is 2.31. The molecule has 1 aromatic heterocycles. The lowest BCUT2D eigenvalue weighted by atomic mass is 10.2. The zero-order chi connectivity index (χ0) is 15.1. The number of rotatable bonds is 6. The second-order valence-electron chi connectivity index (χ2n) is 4.13. The molecule has 0 bridgehead atoms. The van der Waals surface area contributed by atoms with Gasteiger partial charge in [-0.25, -0.2) is 0 Å². The number of hydrogen-bond donors (Lipinski definition) is 2. The summed E-state index contributed by atoms with van der Waals surface area (Å²) in [6, 6.07) is 8.75. The Morgan fingerprint density at radius 2 is 2.05 bits per heavy atom. The van der Waals surface area contributed by atoms with Crippen molar-refractivity contribution in [2.45, 2.75) is 13.3 Å². The van der Waals surface area contributed by atoms with Gasteiger partial charge in [0, 0.05) is 0 Å². The van der Waals surface area contributed by atoms with Crippen molar-refractivity contribution in [3.8, 4) is 17.4 Å². The smallest absolute Gasteiger partial charge is 0.250 e. The van der Waals surface area contributed by atoms with Gasteiger partial charge in [0.2, 0.25) is 5.88 Å². The van der Waals surface area contributed by atoms with E-state index in [4.69, 9.17) is 20.4 Å². The van der Waals surface area contributed by atoms with Crippen molar-refractivity contribution in [1.82, 2.24) is 10.2 Å². The molecule has 0 unspecified atom stereocenters. The highest BCUT2D eigenvalue weighted by Crippen LogP contribution is 2.31. The van der Waals surface area contributed by atoms with E-state index >= 15 is 0 Å². The second kappa shape index (κ2) is 7.09. The summed E-state index contributed by atoms with van der Waals surface area (Å²) in [6.45, 7) is 2.59. The fraction of sp³-hybridized carbons (Fsp3) is 0.214. The van der Waals surface area contributed by atoms with E-state index in [1.54, 1.807) is 18.2 Å². The van der Waals surface area contributed by atoms with Crippen LogP contribution >= 0.6 is 0 Å². The van der Waals surface area contributed by atoms with Crippen molar-refractivity contribution in [2.24, 2.45) is 10.9 Å². The Labute approximate surface area is 122 Å². The normalized spacial score (nSPS) is 11.2. The Hall–Kier alpha value is -2.83. The van der Waals surface area contributed by atoms with Crippen LogP contribution in [-0.4, -0.2) is 27.8 Å². The zero-order valence-electron chi connectivity index (χ0n) is 11.6. The Morgan fingerprint density at radius 3 is 2.76 bits per heavy atom. The maximum absolute atomic E-state index is 8.78. The minimum absolute atomic E-state index is 0.105. The lowest BCUT2D eigenvalue weighted by Gasteiger charge is -2.12. The Bertz CT molecular complexity index is 631. The number of ether oxygens (including phenoxy) is 2. The SMILES string of the molecule is CCCOc1ccccc1Oc1nnccc1/C(N)=N/O. The summed E-state index contributed by atoms with van der Waals surface area (Å²) in [7, 11) is 0. The molecular formula is C14H16N4O3. The zero-order valence-corrected chi connectivity index (χ0v) is 11.6. The summed E-state index contributed by atoms with van der Waals surface area (Å²) in [5, 5.41) is 19.3. The van der Waals surface area contributed by atoms with E-state index in [-0.39, 0.29) is 11.7 Å². The highest BCUT2D eigenvalue weighted by molar-refractivity contribution is 5.98. The highest BCUT2D eigenvalue weighted by Gasteiger charge is 2.13. The quantitative estimate of drug-likeness (QED) is 0.365. The van der Waals surface area contributed by atoms with Crippen LogP contribution in [0.3, 0.4) is 0 Å². The maximum atomic E-state index is 8.78. The molecule has 0 aliphatic rings. The van der Waals surface area contributed by atoms with Crippen molar-refractivity contribution >= 4 is 5.84 Å². The van der Waals surface area contributed by atoms with Gasteiger partial charge in [0.15, 0.2) is 17.3 Å². The largest absolute Gasteiger partial charge is 0.490 e. The molecule has 21 heavy (non-hydrogen) atoms. The van der Waals surface area contributed by atoms with Crippen molar-refractivity contribution in [2.75, 3.05) is 6.61 Å². The summed E-state index contributed by atoms with van der Waals surface area (Å²) < 4.78 is 11.3. The van der Waals surface area contributed by atoms with Gasteiger partial charge in [-0.15, -0.1) is 5.10 Å². The van der Waals surface area contributed by atoms with E-state index in [2.05, 4.69) is 15.4 Å². The average Bonchev–Trinajstić information content (AvgIpc) is 2.54. The van der Waals surface area contributed by atoms with E-state index in [1.807, 2.05) is 19.1 Å². The van der Waals surface area contributed by atoms with E-state index in [1.165, 1.54) is 6.20 Å². The molecule has 1 heterocycles. The lowest BCUT2D eigenvalue weighted by Crippen LogP contribution is -2.15. The van der Waals surface area contributed by atoms with E-state index in [9.17, 15) is 0 Å². The third-order valence-corrected chi connectivity index (χ3v) is 2.59. The number of benzene rings is 1. The summed E-state index contributed by atoms with van der Waals surface area (Å²) in [4.78, 5) is 0. The van der Waals surface area contributed by atoms with E-state index in [0.717, 1.165) is 6.42 Å². The first-order chi connectivity index (χ1) is 10.3. The van der Waals surface area contributed by atoms with Crippen LogP contribution in [0, 0.1) is 0 Å². The van der Waals surface area contributed by atoms with Crippen LogP contribution in [0.15, 0.2) is 41.7 Å². The molecule has 110 valence electrons. The molecule has 0 atom stereocenters. The average molecular weight is 288 g/mol. The molecule has 0 saturated carbocycles. The lowest BCUT2D eigenvalue weighted by molar-refractivity contribution is 0.300. The van der Waals surface area contributed by atoms with Gasteiger partial charge in [0.05, 0.1) is 18.4 Å². The molecule has 0 saturated heterocycles.